The monoisotopic (exact) mass is 249 g/mol. The molecule has 2 aromatic rings. The second-order valence-electron chi connectivity index (χ2n) is 3.94. The highest BCUT2D eigenvalue weighted by Gasteiger charge is 2.14. The number of nitrogen functional groups attached to an aromatic ring is 1. The van der Waals surface area contributed by atoms with Gasteiger partial charge < -0.3 is 5.73 Å². The fraction of sp³-hybridized carbons (Fsp3) is 0.231. The summed E-state index contributed by atoms with van der Waals surface area (Å²) in [6.45, 7) is 1.97. The molecule has 0 aliphatic rings. The summed E-state index contributed by atoms with van der Waals surface area (Å²) in [5, 5.41) is 0. The van der Waals surface area contributed by atoms with Crippen LogP contribution in [-0.2, 0) is 6.42 Å². The Bertz CT molecular complexity index is 550. The molecule has 3 nitrogen and oxygen atoms in total. The van der Waals surface area contributed by atoms with Crippen LogP contribution in [0.4, 0.5) is 14.6 Å². The van der Waals surface area contributed by atoms with Crippen molar-refractivity contribution in [1.82, 2.24) is 9.97 Å². The summed E-state index contributed by atoms with van der Waals surface area (Å²) in [6.07, 6.45) is 1.46. The second-order valence-corrected chi connectivity index (χ2v) is 3.94. The van der Waals surface area contributed by atoms with E-state index in [1.807, 2.05) is 6.92 Å². The minimum Gasteiger partial charge on any atom is -0.384 e. The molecule has 0 spiro atoms. The lowest BCUT2D eigenvalue weighted by molar-refractivity contribution is 0.588. The molecule has 0 unspecified atom stereocenters. The van der Waals surface area contributed by atoms with Crippen LogP contribution in [-0.4, -0.2) is 9.97 Å². The van der Waals surface area contributed by atoms with E-state index in [1.165, 1.54) is 24.3 Å². The first-order chi connectivity index (χ1) is 8.61. The zero-order valence-corrected chi connectivity index (χ0v) is 9.95. The maximum Gasteiger partial charge on any atom is 0.135 e. The summed E-state index contributed by atoms with van der Waals surface area (Å²) >= 11 is 0. The predicted octanol–water partition coefficient (Wildman–Crippen LogP) is 2.96. The number of anilines is 1. The number of aryl methyl sites for hydroxylation is 1. The lowest BCUT2D eigenvalue weighted by Crippen LogP contribution is -2.02. The third-order valence-electron chi connectivity index (χ3n) is 2.48. The molecule has 0 amide bonds. The largest absolute Gasteiger partial charge is 0.384 e. The van der Waals surface area contributed by atoms with Crippen LogP contribution >= 0.6 is 0 Å². The van der Waals surface area contributed by atoms with Gasteiger partial charge in [-0.3, -0.25) is 0 Å². The molecular formula is C13H13F2N3. The Hall–Kier alpha value is -2.04. The van der Waals surface area contributed by atoms with E-state index in [-0.39, 0.29) is 17.1 Å². The van der Waals surface area contributed by atoms with Gasteiger partial charge in [-0.05, 0) is 18.6 Å². The van der Waals surface area contributed by atoms with Gasteiger partial charge in [0.05, 0.1) is 11.3 Å². The van der Waals surface area contributed by atoms with Crippen LogP contribution in [0.1, 0.15) is 19.2 Å². The maximum atomic E-state index is 13.6. The van der Waals surface area contributed by atoms with Crippen molar-refractivity contribution >= 4 is 5.82 Å². The molecule has 0 aliphatic carbocycles. The Kier molecular flexibility index (Phi) is 3.50. The van der Waals surface area contributed by atoms with Crippen molar-refractivity contribution in [3.63, 3.8) is 0 Å². The van der Waals surface area contributed by atoms with Gasteiger partial charge in [0.1, 0.15) is 23.3 Å². The van der Waals surface area contributed by atoms with Crippen LogP contribution in [0.25, 0.3) is 11.3 Å². The minimum atomic E-state index is -0.657. The topological polar surface area (TPSA) is 51.8 Å². The molecule has 94 valence electrons. The van der Waals surface area contributed by atoms with Crippen LogP contribution in [0.2, 0.25) is 0 Å². The van der Waals surface area contributed by atoms with Gasteiger partial charge >= 0.3 is 0 Å². The Labute approximate surface area is 104 Å². The number of hydrogen-bond donors (Lipinski definition) is 1. The van der Waals surface area contributed by atoms with E-state index in [0.717, 1.165) is 6.42 Å². The van der Waals surface area contributed by atoms with Crippen LogP contribution in [0, 0.1) is 11.6 Å². The third kappa shape index (κ3) is 2.45. The number of halogens is 2. The van der Waals surface area contributed by atoms with Crippen molar-refractivity contribution in [1.29, 1.82) is 0 Å². The molecule has 0 fully saturated rings. The van der Waals surface area contributed by atoms with Gasteiger partial charge in [-0.15, -0.1) is 0 Å². The molecule has 5 heteroatoms. The van der Waals surface area contributed by atoms with Gasteiger partial charge in [0.15, 0.2) is 0 Å². The number of rotatable bonds is 3. The van der Waals surface area contributed by atoms with Crippen molar-refractivity contribution in [3.8, 4) is 11.3 Å². The molecule has 2 N–H and O–H groups in total. The molecule has 0 atom stereocenters. The van der Waals surface area contributed by atoms with E-state index in [0.29, 0.717) is 12.2 Å². The molecule has 1 aromatic heterocycles. The highest BCUT2D eigenvalue weighted by molar-refractivity contribution is 5.63. The quantitative estimate of drug-likeness (QED) is 0.909. The third-order valence-corrected chi connectivity index (χ3v) is 2.48. The fourth-order valence-corrected chi connectivity index (χ4v) is 1.72. The number of aromatic nitrogens is 2. The van der Waals surface area contributed by atoms with Crippen molar-refractivity contribution in [3.05, 3.63) is 41.7 Å². The molecule has 2 rings (SSSR count). The van der Waals surface area contributed by atoms with Crippen LogP contribution < -0.4 is 5.73 Å². The van der Waals surface area contributed by atoms with Gasteiger partial charge in [0, 0.05) is 12.5 Å². The van der Waals surface area contributed by atoms with Gasteiger partial charge in [0.2, 0.25) is 0 Å². The standard InChI is InChI=1S/C13H13F2N3/c1-2-4-12-17-10(7-11(16)18-12)13-8(14)5-3-6-9(13)15/h3,5-7H,2,4H2,1H3,(H2,16,17,18). The maximum absolute atomic E-state index is 13.6. The van der Waals surface area contributed by atoms with E-state index in [2.05, 4.69) is 9.97 Å². The Morgan fingerprint density at radius 2 is 1.83 bits per heavy atom. The minimum absolute atomic E-state index is 0.163. The number of nitrogens with two attached hydrogens (primary N) is 1. The molecule has 1 heterocycles. The molecule has 0 aliphatic heterocycles. The summed E-state index contributed by atoms with van der Waals surface area (Å²) in [6, 6.07) is 5.07. The highest BCUT2D eigenvalue weighted by atomic mass is 19.1. The first-order valence-electron chi connectivity index (χ1n) is 5.69. The Balaban J connectivity index is 2.56. The first-order valence-corrected chi connectivity index (χ1v) is 5.69. The van der Waals surface area contributed by atoms with Gasteiger partial charge in [-0.1, -0.05) is 13.0 Å². The van der Waals surface area contributed by atoms with Crippen LogP contribution in [0.15, 0.2) is 24.3 Å². The molecule has 0 saturated carbocycles. The number of hydrogen-bond acceptors (Lipinski definition) is 3. The highest BCUT2D eigenvalue weighted by Crippen LogP contribution is 2.25. The average Bonchev–Trinajstić information content (AvgIpc) is 2.28. The lowest BCUT2D eigenvalue weighted by Gasteiger charge is -2.07. The van der Waals surface area contributed by atoms with Crippen molar-refractivity contribution in [2.45, 2.75) is 19.8 Å². The van der Waals surface area contributed by atoms with E-state index in [1.54, 1.807) is 0 Å². The summed E-state index contributed by atoms with van der Waals surface area (Å²) in [4.78, 5) is 8.17. The Morgan fingerprint density at radius 3 is 2.44 bits per heavy atom. The SMILES string of the molecule is CCCc1nc(N)cc(-c2c(F)cccc2F)n1. The van der Waals surface area contributed by atoms with E-state index < -0.39 is 11.6 Å². The molecule has 0 bridgehead atoms. The average molecular weight is 249 g/mol. The predicted molar refractivity (Wildman–Crippen MR) is 65.8 cm³/mol. The van der Waals surface area contributed by atoms with Crippen molar-refractivity contribution < 1.29 is 8.78 Å². The summed E-state index contributed by atoms with van der Waals surface area (Å²) in [5.74, 6) is -0.604. The molecule has 0 radical (unpaired) electrons. The second kappa shape index (κ2) is 5.08. The molecule has 18 heavy (non-hydrogen) atoms. The Morgan fingerprint density at radius 1 is 1.17 bits per heavy atom. The van der Waals surface area contributed by atoms with Gasteiger partial charge in [-0.25, -0.2) is 18.7 Å². The van der Waals surface area contributed by atoms with E-state index in [9.17, 15) is 8.78 Å². The van der Waals surface area contributed by atoms with Gasteiger partial charge in [0.25, 0.3) is 0 Å². The zero-order valence-electron chi connectivity index (χ0n) is 9.95. The first kappa shape index (κ1) is 12.4. The summed E-state index contributed by atoms with van der Waals surface area (Å²) in [5.41, 5.74) is 5.65. The van der Waals surface area contributed by atoms with Crippen molar-refractivity contribution in [2.24, 2.45) is 0 Å². The smallest absolute Gasteiger partial charge is 0.135 e. The zero-order chi connectivity index (χ0) is 13.1. The molecular weight excluding hydrogens is 236 g/mol. The van der Waals surface area contributed by atoms with E-state index >= 15 is 0 Å². The normalized spacial score (nSPS) is 10.6. The summed E-state index contributed by atoms with van der Waals surface area (Å²) < 4.78 is 27.3. The molecule has 1 aromatic carbocycles. The van der Waals surface area contributed by atoms with E-state index in [4.69, 9.17) is 5.73 Å². The van der Waals surface area contributed by atoms with Crippen LogP contribution in [0.3, 0.4) is 0 Å². The lowest BCUT2D eigenvalue weighted by atomic mass is 10.1. The van der Waals surface area contributed by atoms with Crippen LogP contribution in [0.5, 0.6) is 0 Å². The number of benzene rings is 1. The fourth-order valence-electron chi connectivity index (χ4n) is 1.72. The van der Waals surface area contributed by atoms with Crippen molar-refractivity contribution in [2.75, 3.05) is 5.73 Å². The number of nitrogens with zero attached hydrogens (tertiary/aromatic N) is 2. The van der Waals surface area contributed by atoms with Gasteiger partial charge in [-0.2, -0.15) is 0 Å². The summed E-state index contributed by atoms with van der Waals surface area (Å²) in [7, 11) is 0. The molecule has 0 saturated heterocycles.